The van der Waals surface area contributed by atoms with Crippen molar-refractivity contribution in [3.63, 3.8) is 0 Å². The van der Waals surface area contributed by atoms with E-state index in [1.54, 1.807) is 42.2 Å². The summed E-state index contributed by atoms with van der Waals surface area (Å²) in [6.45, 7) is 3.74. The van der Waals surface area contributed by atoms with Crippen LogP contribution >= 0.6 is 11.6 Å². The average molecular weight is 395 g/mol. The smallest absolute Gasteiger partial charge is 0.261 e. The summed E-state index contributed by atoms with van der Waals surface area (Å²) in [5, 5.41) is 0.299. The lowest BCUT2D eigenvalue weighted by Gasteiger charge is -2.27. The maximum atomic E-state index is 12.7. The van der Waals surface area contributed by atoms with E-state index in [0.717, 1.165) is 5.56 Å². The van der Waals surface area contributed by atoms with Crippen LogP contribution in [0.25, 0.3) is 0 Å². The Kier molecular flexibility index (Phi) is 5.50. The lowest BCUT2D eigenvalue weighted by Crippen LogP contribution is -2.41. The van der Waals surface area contributed by atoms with Crippen LogP contribution in [0, 0.1) is 6.92 Å². The van der Waals surface area contributed by atoms with Crippen molar-refractivity contribution in [2.24, 2.45) is 0 Å². The molecule has 1 fully saturated rings. The number of rotatable bonds is 4. The predicted molar refractivity (Wildman–Crippen MR) is 100 cm³/mol. The molecule has 0 saturated carbocycles. The molecule has 0 atom stereocenters. The zero-order valence-electron chi connectivity index (χ0n) is 14.2. The van der Waals surface area contributed by atoms with Crippen molar-refractivity contribution in [1.29, 1.82) is 0 Å². The topological polar surface area (TPSA) is 75.7 Å². The molecule has 1 aliphatic heterocycles. The normalized spacial score (nSPS) is 14.9. The number of hydrogen-bond donors (Lipinski definition) is 1. The van der Waals surface area contributed by atoms with Crippen molar-refractivity contribution < 1.29 is 17.9 Å². The molecular weight excluding hydrogens is 376 g/mol. The Labute approximate surface area is 157 Å². The van der Waals surface area contributed by atoms with Crippen LogP contribution in [0.4, 0.5) is 5.69 Å². The highest BCUT2D eigenvalue weighted by Crippen LogP contribution is 2.25. The van der Waals surface area contributed by atoms with Crippen molar-refractivity contribution in [2.45, 2.75) is 11.8 Å². The highest BCUT2D eigenvalue weighted by atomic mass is 35.5. The molecule has 8 heteroatoms. The van der Waals surface area contributed by atoms with E-state index in [1.165, 1.54) is 12.1 Å². The maximum Gasteiger partial charge on any atom is 0.261 e. The molecule has 0 aromatic heterocycles. The van der Waals surface area contributed by atoms with Crippen LogP contribution in [-0.2, 0) is 14.8 Å². The van der Waals surface area contributed by atoms with Gasteiger partial charge in [0.2, 0.25) is 0 Å². The summed E-state index contributed by atoms with van der Waals surface area (Å²) in [5.74, 6) is -0.194. The summed E-state index contributed by atoms with van der Waals surface area (Å²) < 4.78 is 33.1. The molecule has 1 heterocycles. The van der Waals surface area contributed by atoms with Gasteiger partial charge in [-0.3, -0.25) is 9.52 Å². The lowest BCUT2D eigenvalue weighted by molar-refractivity contribution is 0.0302. The first-order chi connectivity index (χ1) is 12.4. The van der Waals surface area contributed by atoms with Crippen LogP contribution in [-0.4, -0.2) is 45.5 Å². The van der Waals surface area contributed by atoms with Crippen LogP contribution in [0.3, 0.4) is 0 Å². The third kappa shape index (κ3) is 4.00. The number of benzene rings is 2. The summed E-state index contributed by atoms with van der Waals surface area (Å²) in [7, 11) is -3.87. The first-order valence-corrected chi connectivity index (χ1v) is 9.99. The Morgan fingerprint density at radius 1 is 1.15 bits per heavy atom. The standard InChI is InChI=1S/C18H19ClN2O4S/c1-13-6-7-14(12-15(13)18(22)21-8-10-25-11-9-21)26(23,24)20-17-5-3-2-4-16(17)19/h2-7,12,20H,8-11H2,1H3. The van der Waals surface area contributed by atoms with Gasteiger partial charge >= 0.3 is 0 Å². The molecule has 1 saturated heterocycles. The first-order valence-electron chi connectivity index (χ1n) is 8.13. The fraction of sp³-hybridized carbons (Fsp3) is 0.278. The van der Waals surface area contributed by atoms with Crippen molar-refractivity contribution in [3.8, 4) is 0 Å². The largest absolute Gasteiger partial charge is 0.378 e. The van der Waals surface area contributed by atoms with Gasteiger partial charge in [0.25, 0.3) is 15.9 Å². The number of morpholine rings is 1. The molecule has 6 nitrogen and oxygen atoms in total. The third-order valence-electron chi connectivity index (χ3n) is 4.17. The second-order valence-electron chi connectivity index (χ2n) is 5.97. The molecule has 0 bridgehead atoms. The minimum absolute atomic E-state index is 0.0135. The number of hydrogen-bond acceptors (Lipinski definition) is 4. The fourth-order valence-corrected chi connectivity index (χ4v) is 4.03. The number of nitrogens with one attached hydrogen (secondary N) is 1. The Bertz CT molecular complexity index is 925. The quantitative estimate of drug-likeness (QED) is 0.865. The van der Waals surface area contributed by atoms with E-state index in [0.29, 0.717) is 36.9 Å². The fourth-order valence-electron chi connectivity index (χ4n) is 2.68. The number of halogens is 1. The van der Waals surface area contributed by atoms with Gasteiger partial charge in [-0.05, 0) is 36.8 Å². The molecule has 3 rings (SSSR count). The molecule has 138 valence electrons. The number of sulfonamides is 1. The Balaban J connectivity index is 1.91. The Morgan fingerprint density at radius 2 is 1.85 bits per heavy atom. The van der Waals surface area contributed by atoms with Crippen molar-refractivity contribution in [2.75, 3.05) is 31.0 Å². The lowest BCUT2D eigenvalue weighted by atomic mass is 10.1. The summed E-state index contributed by atoms with van der Waals surface area (Å²) >= 11 is 6.03. The van der Waals surface area contributed by atoms with Gasteiger partial charge in [0.05, 0.1) is 28.8 Å². The van der Waals surface area contributed by atoms with Gasteiger partial charge in [0.1, 0.15) is 0 Å². The van der Waals surface area contributed by atoms with Crippen molar-refractivity contribution in [1.82, 2.24) is 4.90 Å². The van der Waals surface area contributed by atoms with E-state index < -0.39 is 10.0 Å². The molecule has 0 radical (unpaired) electrons. The monoisotopic (exact) mass is 394 g/mol. The van der Waals surface area contributed by atoms with Crippen LogP contribution < -0.4 is 4.72 Å². The maximum absolute atomic E-state index is 12.7. The van der Waals surface area contributed by atoms with Crippen molar-refractivity contribution >= 4 is 33.2 Å². The van der Waals surface area contributed by atoms with Gasteiger partial charge in [-0.2, -0.15) is 0 Å². The third-order valence-corrected chi connectivity index (χ3v) is 5.86. The highest BCUT2D eigenvalue weighted by molar-refractivity contribution is 7.92. The van der Waals surface area contributed by atoms with Crippen LogP contribution in [0.15, 0.2) is 47.4 Å². The molecule has 0 spiro atoms. The molecule has 1 aliphatic rings. The number of para-hydroxylation sites is 1. The van der Waals surface area contributed by atoms with E-state index in [9.17, 15) is 13.2 Å². The molecule has 0 unspecified atom stereocenters. The van der Waals surface area contributed by atoms with E-state index in [-0.39, 0.29) is 16.5 Å². The van der Waals surface area contributed by atoms with Gasteiger partial charge in [-0.1, -0.05) is 29.8 Å². The predicted octanol–water partition coefficient (Wildman–Crippen LogP) is 2.92. The molecule has 2 aromatic carbocycles. The highest BCUT2D eigenvalue weighted by Gasteiger charge is 2.23. The molecule has 2 aromatic rings. The van der Waals surface area contributed by atoms with Crippen LogP contribution in [0.5, 0.6) is 0 Å². The zero-order valence-corrected chi connectivity index (χ0v) is 15.8. The Morgan fingerprint density at radius 3 is 2.54 bits per heavy atom. The summed E-state index contributed by atoms with van der Waals surface area (Å²) in [6, 6.07) is 11.1. The second-order valence-corrected chi connectivity index (χ2v) is 8.06. The number of carbonyl (C=O) groups is 1. The number of amides is 1. The molecule has 1 N–H and O–H groups in total. The van der Waals surface area contributed by atoms with Gasteiger partial charge in [0, 0.05) is 18.7 Å². The number of ether oxygens (including phenoxy) is 1. The summed E-state index contributed by atoms with van der Waals surface area (Å²) in [5.41, 5.74) is 1.38. The van der Waals surface area contributed by atoms with Gasteiger partial charge in [0.15, 0.2) is 0 Å². The van der Waals surface area contributed by atoms with Gasteiger partial charge in [-0.15, -0.1) is 0 Å². The summed E-state index contributed by atoms with van der Waals surface area (Å²) in [4.78, 5) is 14.4. The first kappa shape index (κ1) is 18.7. The van der Waals surface area contributed by atoms with E-state index in [2.05, 4.69) is 4.72 Å². The number of nitrogens with zero attached hydrogens (tertiary/aromatic N) is 1. The minimum atomic E-state index is -3.87. The summed E-state index contributed by atoms with van der Waals surface area (Å²) in [6.07, 6.45) is 0. The molecular formula is C18H19ClN2O4S. The van der Waals surface area contributed by atoms with E-state index in [4.69, 9.17) is 16.3 Å². The average Bonchev–Trinajstić information content (AvgIpc) is 2.64. The number of aryl methyl sites for hydroxylation is 1. The van der Waals surface area contributed by atoms with Gasteiger partial charge < -0.3 is 9.64 Å². The molecule has 26 heavy (non-hydrogen) atoms. The van der Waals surface area contributed by atoms with E-state index >= 15 is 0 Å². The van der Waals surface area contributed by atoms with Crippen LogP contribution in [0.2, 0.25) is 5.02 Å². The second kappa shape index (κ2) is 7.65. The van der Waals surface area contributed by atoms with E-state index in [1.807, 2.05) is 0 Å². The SMILES string of the molecule is Cc1ccc(S(=O)(=O)Nc2ccccc2Cl)cc1C(=O)N1CCOCC1. The number of anilines is 1. The minimum Gasteiger partial charge on any atom is -0.378 e. The molecule has 1 amide bonds. The zero-order chi connectivity index (χ0) is 18.7. The van der Waals surface area contributed by atoms with Crippen molar-refractivity contribution in [3.05, 3.63) is 58.6 Å². The Hall–Kier alpha value is -2.09. The van der Waals surface area contributed by atoms with Crippen LogP contribution in [0.1, 0.15) is 15.9 Å². The van der Waals surface area contributed by atoms with Gasteiger partial charge in [-0.25, -0.2) is 8.42 Å². The number of carbonyl (C=O) groups excluding carboxylic acids is 1. The molecule has 0 aliphatic carbocycles.